The van der Waals surface area contributed by atoms with E-state index in [2.05, 4.69) is 122 Å². The van der Waals surface area contributed by atoms with Crippen molar-refractivity contribution in [2.45, 2.75) is 79.1 Å². The molecule has 5 aromatic carbocycles. The van der Waals surface area contributed by atoms with Crippen molar-refractivity contribution < 1.29 is 14.7 Å². The van der Waals surface area contributed by atoms with E-state index in [9.17, 15) is 14.7 Å². The standard InChI is InChI=1S/C38H44O3P/c1-22(2)26-12-14-28-18-35(33(24(5)6)20-30(28)16-26)32-10-9-11-37(42(39,40)41)38(32)36-19-29-15-13-27(23(3)4)17-31(29)21-34(36)25(7)8/h9-25,39-41H,1-8H3/q+1. The van der Waals surface area contributed by atoms with Crippen molar-refractivity contribution in [3.63, 3.8) is 0 Å². The minimum absolute atomic E-state index is 0.174. The fraction of sp³-hybridized carbons (Fsp3) is 0.316. The molecule has 3 N–H and O–H groups in total. The molecule has 3 nitrogen and oxygen atoms in total. The average Bonchev–Trinajstić information content (AvgIpc) is 2.94. The topological polar surface area (TPSA) is 60.7 Å². The van der Waals surface area contributed by atoms with Gasteiger partial charge in [0.1, 0.15) is 0 Å². The summed E-state index contributed by atoms with van der Waals surface area (Å²) in [5.41, 5.74) is 8.45. The molecule has 0 atom stereocenters. The van der Waals surface area contributed by atoms with Crippen LogP contribution in [0.15, 0.2) is 78.9 Å². The molecular weight excluding hydrogens is 535 g/mol. The molecular formula is C38H44O3P+. The summed E-state index contributed by atoms with van der Waals surface area (Å²) in [6, 6.07) is 27.7. The van der Waals surface area contributed by atoms with Crippen LogP contribution in [0.5, 0.6) is 0 Å². The van der Waals surface area contributed by atoms with E-state index in [0.717, 1.165) is 33.0 Å². The summed E-state index contributed by atoms with van der Waals surface area (Å²) in [7, 11) is -4.35. The van der Waals surface area contributed by atoms with E-state index in [0.29, 0.717) is 17.4 Å². The van der Waals surface area contributed by atoms with Crippen LogP contribution in [0.1, 0.15) is 101 Å². The van der Waals surface area contributed by atoms with Crippen LogP contribution >= 0.6 is 7.94 Å². The van der Waals surface area contributed by atoms with Crippen LogP contribution in [-0.2, 0) is 0 Å². The highest BCUT2D eigenvalue weighted by Crippen LogP contribution is 2.50. The van der Waals surface area contributed by atoms with Crippen molar-refractivity contribution in [3.8, 4) is 22.3 Å². The molecule has 0 spiro atoms. The maximum atomic E-state index is 10.8. The third-order valence-electron chi connectivity index (χ3n) is 8.57. The van der Waals surface area contributed by atoms with Gasteiger partial charge in [-0.3, -0.25) is 0 Å². The molecule has 218 valence electrons. The normalized spacial score (nSPS) is 12.5. The Balaban J connectivity index is 1.88. The van der Waals surface area contributed by atoms with Gasteiger partial charge in [-0.1, -0.05) is 116 Å². The van der Waals surface area contributed by atoms with Crippen LogP contribution in [-0.4, -0.2) is 14.7 Å². The zero-order chi connectivity index (χ0) is 30.5. The van der Waals surface area contributed by atoms with Crippen LogP contribution in [0.4, 0.5) is 0 Å². The van der Waals surface area contributed by atoms with Gasteiger partial charge in [-0.2, -0.15) is 14.7 Å². The minimum atomic E-state index is -4.35. The zero-order valence-electron chi connectivity index (χ0n) is 26.1. The van der Waals surface area contributed by atoms with Crippen LogP contribution in [0, 0.1) is 0 Å². The van der Waals surface area contributed by atoms with Crippen molar-refractivity contribution in [2.24, 2.45) is 0 Å². The molecule has 0 aliphatic carbocycles. The van der Waals surface area contributed by atoms with Crippen molar-refractivity contribution in [2.75, 3.05) is 0 Å². The van der Waals surface area contributed by atoms with Gasteiger partial charge in [0.2, 0.25) is 0 Å². The number of fused-ring (bicyclic) bond motifs is 2. The van der Waals surface area contributed by atoms with Gasteiger partial charge < -0.3 is 0 Å². The summed E-state index contributed by atoms with van der Waals surface area (Å²) in [4.78, 5) is 32.4. The number of hydrogen-bond donors (Lipinski definition) is 3. The maximum Gasteiger partial charge on any atom is 0.441 e. The summed E-state index contributed by atoms with van der Waals surface area (Å²) in [5.74, 6) is 1.27. The third kappa shape index (κ3) is 5.77. The Hall–Kier alpha value is -3.07. The molecule has 0 unspecified atom stereocenters. The molecule has 42 heavy (non-hydrogen) atoms. The second-order valence-corrected chi connectivity index (χ2v) is 14.6. The molecule has 5 aromatic rings. The molecule has 0 aromatic heterocycles. The molecule has 0 fully saturated rings. The number of benzene rings is 5. The van der Waals surface area contributed by atoms with Gasteiger partial charge in [0, 0.05) is 5.56 Å². The largest absolute Gasteiger partial charge is 0.441 e. The van der Waals surface area contributed by atoms with E-state index in [-0.39, 0.29) is 17.1 Å². The van der Waals surface area contributed by atoms with E-state index in [4.69, 9.17) is 0 Å². The fourth-order valence-electron chi connectivity index (χ4n) is 6.09. The van der Waals surface area contributed by atoms with Gasteiger partial charge in [0.15, 0.2) is 5.30 Å². The smallest absolute Gasteiger partial charge is 0.189 e. The van der Waals surface area contributed by atoms with E-state index in [1.807, 2.05) is 6.07 Å². The molecule has 4 heteroatoms. The highest BCUT2D eigenvalue weighted by molar-refractivity contribution is 7.67. The zero-order valence-corrected chi connectivity index (χ0v) is 27.0. The lowest BCUT2D eigenvalue weighted by molar-refractivity contribution is 0.347. The lowest BCUT2D eigenvalue weighted by Gasteiger charge is -2.23. The minimum Gasteiger partial charge on any atom is -0.189 e. The Kier molecular flexibility index (Phi) is 8.36. The predicted molar refractivity (Wildman–Crippen MR) is 182 cm³/mol. The van der Waals surface area contributed by atoms with Gasteiger partial charge in [0.25, 0.3) is 0 Å². The molecule has 0 aliphatic heterocycles. The monoisotopic (exact) mass is 579 g/mol. The number of rotatable bonds is 7. The van der Waals surface area contributed by atoms with Crippen LogP contribution < -0.4 is 5.30 Å². The molecule has 5 rings (SSSR count). The Labute approximate surface area is 251 Å². The summed E-state index contributed by atoms with van der Waals surface area (Å²) >= 11 is 0. The van der Waals surface area contributed by atoms with Gasteiger partial charge in [-0.05, 0) is 102 Å². The molecule has 0 saturated carbocycles. The highest BCUT2D eigenvalue weighted by Gasteiger charge is 2.39. The lowest BCUT2D eigenvalue weighted by atomic mass is 9.82. The van der Waals surface area contributed by atoms with E-state index >= 15 is 0 Å². The summed E-state index contributed by atoms with van der Waals surface area (Å²) in [5, 5.41) is 4.78. The molecule has 0 heterocycles. The predicted octanol–water partition coefficient (Wildman–Crippen LogP) is 10.2. The van der Waals surface area contributed by atoms with Crippen molar-refractivity contribution in [1.82, 2.24) is 0 Å². The Morgan fingerprint density at radius 2 is 0.929 bits per heavy atom. The molecule has 0 saturated heterocycles. The second kappa shape index (κ2) is 11.5. The summed E-state index contributed by atoms with van der Waals surface area (Å²) in [6.45, 7) is 17.6. The first kappa shape index (κ1) is 30.4. The van der Waals surface area contributed by atoms with E-state index in [1.54, 1.807) is 6.07 Å². The molecule has 0 amide bonds. The maximum absolute atomic E-state index is 10.8. The highest BCUT2D eigenvalue weighted by atomic mass is 31.2. The van der Waals surface area contributed by atoms with Gasteiger partial charge >= 0.3 is 7.94 Å². The van der Waals surface area contributed by atoms with Crippen LogP contribution in [0.25, 0.3) is 43.8 Å². The van der Waals surface area contributed by atoms with Crippen LogP contribution in [0.3, 0.4) is 0 Å². The Morgan fingerprint density at radius 1 is 0.452 bits per heavy atom. The fourth-order valence-corrected chi connectivity index (χ4v) is 6.92. The lowest BCUT2D eigenvalue weighted by Crippen LogP contribution is -2.15. The molecule has 0 radical (unpaired) electrons. The van der Waals surface area contributed by atoms with E-state index < -0.39 is 7.94 Å². The van der Waals surface area contributed by atoms with Gasteiger partial charge in [-0.25, -0.2) is 0 Å². The van der Waals surface area contributed by atoms with Crippen molar-refractivity contribution in [3.05, 3.63) is 101 Å². The molecule has 0 bridgehead atoms. The average molecular weight is 580 g/mol. The summed E-state index contributed by atoms with van der Waals surface area (Å²) < 4.78 is 0. The third-order valence-corrected chi connectivity index (χ3v) is 9.59. The van der Waals surface area contributed by atoms with Crippen molar-refractivity contribution in [1.29, 1.82) is 0 Å². The first-order valence-corrected chi connectivity index (χ1v) is 16.8. The van der Waals surface area contributed by atoms with Gasteiger partial charge in [-0.15, -0.1) is 0 Å². The SMILES string of the molecule is CC(C)c1ccc2cc(-c3cccc([P+](O)(O)O)c3-c3cc4ccc(C(C)C)cc4cc3C(C)C)c(C(C)C)cc2c1. The Morgan fingerprint density at radius 3 is 1.38 bits per heavy atom. The first-order valence-electron chi connectivity index (χ1n) is 15.1. The van der Waals surface area contributed by atoms with E-state index in [1.165, 1.54) is 27.5 Å². The second-order valence-electron chi connectivity index (χ2n) is 13.0. The Bertz CT molecular complexity index is 1770. The van der Waals surface area contributed by atoms with Crippen molar-refractivity contribution >= 4 is 34.8 Å². The quantitative estimate of drug-likeness (QED) is 0.168. The van der Waals surface area contributed by atoms with Crippen LogP contribution in [0.2, 0.25) is 0 Å². The first-order chi connectivity index (χ1) is 19.8. The molecule has 0 aliphatic rings. The number of hydrogen-bond acceptors (Lipinski definition) is 3. The van der Waals surface area contributed by atoms with Gasteiger partial charge in [0.05, 0.1) is 0 Å². The summed E-state index contributed by atoms with van der Waals surface area (Å²) in [6.07, 6.45) is 0.